The molecule has 2 N–H and O–H groups in total. The molecule has 10 heteroatoms. The summed E-state index contributed by atoms with van der Waals surface area (Å²) >= 11 is 0. The van der Waals surface area contributed by atoms with Gasteiger partial charge in [0.15, 0.2) is 5.65 Å². The van der Waals surface area contributed by atoms with Gasteiger partial charge in [-0.25, -0.2) is 9.97 Å². The van der Waals surface area contributed by atoms with Crippen LogP contribution in [-0.2, 0) is 6.54 Å². The van der Waals surface area contributed by atoms with Crippen LogP contribution in [0.5, 0.6) is 5.75 Å². The van der Waals surface area contributed by atoms with Crippen LogP contribution in [0, 0.1) is 5.92 Å². The van der Waals surface area contributed by atoms with Gasteiger partial charge in [-0.1, -0.05) is 0 Å². The Kier molecular flexibility index (Phi) is 7.97. The number of benzene rings is 1. The SMILES string of the molecule is CCOc1ccc(-n2cnc3cnc(Nc4cnn(CCCC5CCNCC5)c4)nc32)cc1.Cl. The molecule has 9 nitrogen and oxygen atoms in total. The van der Waals surface area contributed by atoms with Gasteiger partial charge in [-0.05, 0) is 75.9 Å². The van der Waals surface area contributed by atoms with Crippen LogP contribution in [0.2, 0.25) is 0 Å². The fourth-order valence-electron chi connectivity index (χ4n) is 4.32. The van der Waals surface area contributed by atoms with Gasteiger partial charge in [0, 0.05) is 18.4 Å². The van der Waals surface area contributed by atoms with Crippen LogP contribution >= 0.6 is 12.4 Å². The smallest absolute Gasteiger partial charge is 0.229 e. The molecule has 3 aromatic heterocycles. The molecule has 1 aliphatic heterocycles. The quantitative estimate of drug-likeness (QED) is 0.366. The lowest BCUT2D eigenvalue weighted by Gasteiger charge is -2.22. The first-order valence-corrected chi connectivity index (χ1v) is 11.7. The third-order valence-corrected chi connectivity index (χ3v) is 6.06. The number of anilines is 2. The number of halogens is 1. The molecule has 0 spiro atoms. The van der Waals surface area contributed by atoms with E-state index in [9.17, 15) is 0 Å². The summed E-state index contributed by atoms with van der Waals surface area (Å²) in [5, 5.41) is 11.2. The largest absolute Gasteiger partial charge is 0.494 e. The monoisotopic (exact) mass is 482 g/mol. The van der Waals surface area contributed by atoms with Gasteiger partial charge < -0.3 is 15.4 Å². The molecule has 0 saturated carbocycles. The summed E-state index contributed by atoms with van der Waals surface area (Å²) in [5.74, 6) is 2.21. The summed E-state index contributed by atoms with van der Waals surface area (Å²) < 4.78 is 9.48. The maximum atomic E-state index is 5.54. The van der Waals surface area contributed by atoms with Crippen LogP contribution in [0.25, 0.3) is 16.9 Å². The van der Waals surface area contributed by atoms with E-state index in [0.29, 0.717) is 12.6 Å². The van der Waals surface area contributed by atoms with Crippen molar-refractivity contribution in [2.75, 3.05) is 25.0 Å². The van der Waals surface area contributed by atoms with Gasteiger partial charge in [-0.3, -0.25) is 9.25 Å². The summed E-state index contributed by atoms with van der Waals surface area (Å²) in [4.78, 5) is 13.6. The summed E-state index contributed by atoms with van der Waals surface area (Å²) in [6.07, 6.45) is 12.3. The van der Waals surface area contributed by atoms with Crippen molar-refractivity contribution in [1.29, 1.82) is 0 Å². The molecule has 180 valence electrons. The molecular weight excluding hydrogens is 452 g/mol. The molecule has 5 rings (SSSR count). The van der Waals surface area contributed by atoms with E-state index < -0.39 is 0 Å². The number of nitrogens with zero attached hydrogens (tertiary/aromatic N) is 6. The Morgan fingerprint density at radius 2 is 1.94 bits per heavy atom. The highest BCUT2D eigenvalue weighted by Crippen LogP contribution is 2.22. The Morgan fingerprint density at radius 3 is 2.74 bits per heavy atom. The molecule has 0 aliphatic carbocycles. The fraction of sp³-hybridized carbons (Fsp3) is 0.417. The number of nitrogens with one attached hydrogen (secondary N) is 2. The number of hydrogen-bond acceptors (Lipinski definition) is 7. The van der Waals surface area contributed by atoms with Gasteiger partial charge in [0.1, 0.15) is 17.6 Å². The minimum Gasteiger partial charge on any atom is -0.494 e. The summed E-state index contributed by atoms with van der Waals surface area (Å²) in [7, 11) is 0. The number of piperidine rings is 1. The van der Waals surface area contributed by atoms with Crippen LogP contribution in [0.1, 0.15) is 32.6 Å². The number of aromatic nitrogens is 6. The zero-order valence-electron chi connectivity index (χ0n) is 19.4. The second-order valence-corrected chi connectivity index (χ2v) is 8.40. The Balaban J connectivity index is 0.00000274. The van der Waals surface area contributed by atoms with Crippen molar-refractivity contribution in [3.05, 3.63) is 49.2 Å². The third-order valence-electron chi connectivity index (χ3n) is 6.06. The Bertz CT molecular complexity index is 1180. The van der Waals surface area contributed by atoms with Crippen molar-refractivity contribution in [3.63, 3.8) is 0 Å². The average Bonchev–Trinajstić information content (AvgIpc) is 3.47. The minimum atomic E-state index is 0. The zero-order valence-corrected chi connectivity index (χ0v) is 20.2. The molecular formula is C24H31ClN8O. The lowest BCUT2D eigenvalue weighted by molar-refractivity contribution is 0.337. The molecule has 4 aromatic rings. The van der Waals surface area contributed by atoms with Crippen LogP contribution in [0.3, 0.4) is 0 Å². The van der Waals surface area contributed by atoms with Crippen molar-refractivity contribution >= 4 is 35.2 Å². The van der Waals surface area contributed by atoms with E-state index in [1.807, 2.05) is 52.8 Å². The van der Waals surface area contributed by atoms with E-state index in [2.05, 4.69) is 25.7 Å². The molecule has 0 bridgehead atoms. The number of fused-ring (bicyclic) bond motifs is 1. The molecule has 1 fully saturated rings. The second kappa shape index (κ2) is 11.3. The standard InChI is InChI=1S/C24H30N8O.ClH/c1-2-33-21-7-5-20(6-8-21)32-17-27-22-15-26-24(30-23(22)32)29-19-14-28-31(16-19)13-3-4-18-9-11-25-12-10-18;/h5-8,14-18,25H,2-4,9-13H2,1H3,(H,26,29,30);1H. The van der Waals surface area contributed by atoms with E-state index in [0.717, 1.165) is 60.3 Å². The molecule has 1 saturated heterocycles. The summed E-state index contributed by atoms with van der Waals surface area (Å²) in [6.45, 7) is 5.85. The van der Waals surface area contributed by atoms with E-state index in [1.54, 1.807) is 12.5 Å². The van der Waals surface area contributed by atoms with Gasteiger partial charge in [-0.2, -0.15) is 10.1 Å². The maximum Gasteiger partial charge on any atom is 0.229 e. The number of rotatable bonds is 9. The van der Waals surface area contributed by atoms with Gasteiger partial charge in [0.25, 0.3) is 0 Å². The molecule has 0 amide bonds. The highest BCUT2D eigenvalue weighted by molar-refractivity contribution is 5.85. The summed E-state index contributed by atoms with van der Waals surface area (Å²) in [6, 6.07) is 7.89. The van der Waals surface area contributed by atoms with Crippen molar-refractivity contribution in [2.24, 2.45) is 5.92 Å². The van der Waals surface area contributed by atoms with Crippen LogP contribution in [0.15, 0.2) is 49.2 Å². The van der Waals surface area contributed by atoms with Crippen molar-refractivity contribution in [3.8, 4) is 11.4 Å². The van der Waals surface area contributed by atoms with Gasteiger partial charge in [-0.15, -0.1) is 12.4 Å². The Morgan fingerprint density at radius 1 is 1.12 bits per heavy atom. The number of aryl methyl sites for hydroxylation is 1. The molecule has 4 heterocycles. The molecule has 1 aliphatic rings. The second-order valence-electron chi connectivity index (χ2n) is 8.40. The fourth-order valence-corrected chi connectivity index (χ4v) is 4.32. The van der Waals surface area contributed by atoms with Crippen LogP contribution < -0.4 is 15.4 Å². The van der Waals surface area contributed by atoms with Crippen LogP contribution in [-0.4, -0.2) is 49.0 Å². The van der Waals surface area contributed by atoms with Gasteiger partial charge in [0.05, 0.1) is 24.7 Å². The van der Waals surface area contributed by atoms with Crippen molar-refractivity contribution in [2.45, 2.75) is 39.2 Å². The molecule has 0 atom stereocenters. The van der Waals surface area contributed by atoms with E-state index >= 15 is 0 Å². The number of ether oxygens (including phenoxy) is 1. The minimum absolute atomic E-state index is 0. The number of imidazole rings is 1. The van der Waals surface area contributed by atoms with Crippen molar-refractivity contribution in [1.82, 2.24) is 34.6 Å². The third kappa shape index (κ3) is 5.66. The Labute approximate surface area is 205 Å². The predicted molar refractivity (Wildman–Crippen MR) is 135 cm³/mol. The van der Waals surface area contributed by atoms with Crippen molar-refractivity contribution < 1.29 is 4.74 Å². The lowest BCUT2D eigenvalue weighted by Crippen LogP contribution is -2.27. The molecule has 34 heavy (non-hydrogen) atoms. The molecule has 1 aromatic carbocycles. The first kappa shape index (κ1) is 24.0. The van der Waals surface area contributed by atoms with Crippen LogP contribution in [0.4, 0.5) is 11.6 Å². The van der Waals surface area contributed by atoms with Gasteiger partial charge in [0.2, 0.25) is 5.95 Å². The zero-order chi connectivity index (χ0) is 22.5. The summed E-state index contributed by atoms with van der Waals surface area (Å²) in [5.41, 5.74) is 3.32. The first-order valence-electron chi connectivity index (χ1n) is 11.7. The topological polar surface area (TPSA) is 94.7 Å². The average molecular weight is 483 g/mol. The van der Waals surface area contributed by atoms with Gasteiger partial charge >= 0.3 is 0 Å². The lowest BCUT2D eigenvalue weighted by atomic mass is 9.93. The predicted octanol–water partition coefficient (Wildman–Crippen LogP) is 4.36. The number of hydrogen-bond donors (Lipinski definition) is 2. The molecule has 0 radical (unpaired) electrons. The molecule has 0 unspecified atom stereocenters. The van der Waals surface area contributed by atoms with E-state index in [4.69, 9.17) is 9.72 Å². The highest BCUT2D eigenvalue weighted by atomic mass is 35.5. The normalized spacial score (nSPS) is 14.1. The maximum absolute atomic E-state index is 5.54. The van der Waals surface area contributed by atoms with E-state index in [-0.39, 0.29) is 12.4 Å². The highest BCUT2D eigenvalue weighted by Gasteiger charge is 2.13. The Hall–Kier alpha value is -3.17. The first-order chi connectivity index (χ1) is 16.3. The van der Waals surface area contributed by atoms with E-state index in [1.165, 1.54) is 19.3 Å².